The van der Waals surface area contributed by atoms with Gasteiger partial charge in [-0.3, -0.25) is 4.79 Å². The first-order valence-corrected chi connectivity index (χ1v) is 6.33. The van der Waals surface area contributed by atoms with E-state index in [1.54, 1.807) is 6.07 Å². The van der Waals surface area contributed by atoms with Gasteiger partial charge in [0, 0.05) is 0 Å². The van der Waals surface area contributed by atoms with Crippen molar-refractivity contribution in [3.8, 4) is 11.5 Å². The SMILES string of the molecule is CC(C)CCOC(=O)[C@@H](N)Cc1ccc(O)c(O)c1. The normalized spacial score (nSPS) is 12.4. The van der Waals surface area contributed by atoms with Crippen molar-refractivity contribution in [1.29, 1.82) is 0 Å². The molecule has 4 N–H and O–H groups in total. The number of aromatic hydroxyl groups is 2. The van der Waals surface area contributed by atoms with Gasteiger partial charge < -0.3 is 20.7 Å². The van der Waals surface area contributed by atoms with Crippen molar-refractivity contribution in [3.63, 3.8) is 0 Å². The van der Waals surface area contributed by atoms with Gasteiger partial charge in [0.2, 0.25) is 0 Å². The molecule has 1 atom stereocenters. The van der Waals surface area contributed by atoms with Crippen LogP contribution in [-0.4, -0.2) is 28.8 Å². The zero-order chi connectivity index (χ0) is 14.4. The Morgan fingerprint density at radius 1 is 1.32 bits per heavy atom. The Labute approximate surface area is 113 Å². The van der Waals surface area contributed by atoms with E-state index in [9.17, 15) is 15.0 Å². The third kappa shape index (κ3) is 5.18. The quantitative estimate of drug-likeness (QED) is 0.537. The van der Waals surface area contributed by atoms with Crippen molar-refractivity contribution in [2.75, 3.05) is 6.61 Å². The molecule has 0 aliphatic rings. The lowest BCUT2D eigenvalue weighted by Crippen LogP contribution is -2.34. The number of carbonyl (C=O) groups excluding carboxylic acids is 1. The standard InChI is InChI=1S/C14H21NO4/c1-9(2)5-6-19-14(18)11(15)7-10-3-4-12(16)13(17)8-10/h3-4,8-9,11,16-17H,5-7,15H2,1-2H3/t11-/m0/s1. The van der Waals surface area contributed by atoms with Gasteiger partial charge in [-0.15, -0.1) is 0 Å². The molecule has 0 amide bonds. The molecule has 5 heteroatoms. The fourth-order valence-corrected chi connectivity index (χ4v) is 1.54. The van der Waals surface area contributed by atoms with E-state index in [0.717, 1.165) is 6.42 Å². The average molecular weight is 267 g/mol. The van der Waals surface area contributed by atoms with Gasteiger partial charge in [0.05, 0.1) is 6.61 Å². The molecule has 106 valence electrons. The maximum absolute atomic E-state index is 11.6. The van der Waals surface area contributed by atoms with Gasteiger partial charge in [0.25, 0.3) is 0 Å². The van der Waals surface area contributed by atoms with E-state index in [1.165, 1.54) is 12.1 Å². The van der Waals surface area contributed by atoms with E-state index in [4.69, 9.17) is 10.5 Å². The lowest BCUT2D eigenvalue weighted by molar-refractivity contribution is -0.145. The Kier molecular flexibility index (Phi) is 5.63. The van der Waals surface area contributed by atoms with E-state index in [1.807, 2.05) is 13.8 Å². The van der Waals surface area contributed by atoms with Crippen LogP contribution in [0.1, 0.15) is 25.8 Å². The summed E-state index contributed by atoms with van der Waals surface area (Å²) in [5, 5.41) is 18.5. The zero-order valence-corrected chi connectivity index (χ0v) is 11.3. The lowest BCUT2D eigenvalue weighted by Gasteiger charge is -2.12. The Bertz CT molecular complexity index is 431. The summed E-state index contributed by atoms with van der Waals surface area (Å²) in [6, 6.07) is 3.59. The van der Waals surface area contributed by atoms with Crippen LogP contribution >= 0.6 is 0 Å². The molecule has 0 spiro atoms. The summed E-state index contributed by atoms with van der Waals surface area (Å²) in [6.07, 6.45) is 1.06. The lowest BCUT2D eigenvalue weighted by atomic mass is 10.1. The van der Waals surface area contributed by atoms with Crippen LogP contribution in [0.15, 0.2) is 18.2 Å². The molecule has 0 heterocycles. The van der Waals surface area contributed by atoms with Gasteiger partial charge in [0.1, 0.15) is 6.04 Å². The number of nitrogens with two attached hydrogens (primary N) is 1. The van der Waals surface area contributed by atoms with Crippen molar-refractivity contribution >= 4 is 5.97 Å². The molecule has 5 nitrogen and oxygen atoms in total. The van der Waals surface area contributed by atoms with E-state index in [0.29, 0.717) is 18.1 Å². The number of phenolic OH excluding ortho intramolecular Hbond substituents is 2. The van der Waals surface area contributed by atoms with E-state index < -0.39 is 12.0 Å². The molecule has 0 fully saturated rings. The van der Waals surface area contributed by atoms with Crippen LogP contribution in [0.25, 0.3) is 0 Å². The Morgan fingerprint density at radius 2 is 2.00 bits per heavy atom. The second kappa shape index (κ2) is 6.99. The van der Waals surface area contributed by atoms with Crippen molar-refractivity contribution in [2.24, 2.45) is 11.7 Å². The third-order valence-electron chi connectivity index (χ3n) is 2.74. The number of phenols is 2. The fourth-order valence-electron chi connectivity index (χ4n) is 1.54. The first-order valence-electron chi connectivity index (χ1n) is 6.33. The molecule has 0 aliphatic carbocycles. The second-order valence-electron chi connectivity index (χ2n) is 4.98. The number of benzene rings is 1. The topological polar surface area (TPSA) is 92.8 Å². The van der Waals surface area contributed by atoms with Crippen molar-refractivity contribution in [1.82, 2.24) is 0 Å². The minimum absolute atomic E-state index is 0.197. The van der Waals surface area contributed by atoms with Crippen molar-refractivity contribution < 1.29 is 19.7 Å². The Morgan fingerprint density at radius 3 is 2.58 bits per heavy atom. The smallest absolute Gasteiger partial charge is 0.323 e. The number of esters is 1. The van der Waals surface area contributed by atoms with Crippen molar-refractivity contribution in [2.45, 2.75) is 32.7 Å². The van der Waals surface area contributed by atoms with E-state index >= 15 is 0 Å². The number of carbonyl (C=O) groups is 1. The van der Waals surface area contributed by atoms with E-state index in [2.05, 4.69) is 0 Å². The highest BCUT2D eigenvalue weighted by Crippen LogP contribution is 2.25. The van der Waals surface area contributed by atoms with Gasteiger partial charge in [-0.25, -0.2) is 0 Å². The van der Waals surface area contributed by atoms with Crippen LogP contribution in [0.4, 0.5) is 0 Å². The molecule has 0 radical (unpaired) electrons. The summed E-state index contributed by atoms with van der Waals surface area (Å²) in [5.74, 6) is -0.402. The number of hydrogen-bond acceptors (Lipinski definition) is 5. The molecule has 0 aromatic heterocycles. The second-order valence-corrected chi connectivity index (χ2v) is 4.98. The first kappa shape index (κ1) is 15.3. The van der Waals surface area contributed by atoms with Crippen LogP contribution in [0.5, 0.6) is 11.5 Å². The number of hydrogen-bond donors (Lipinski definition) is 3. The monoisotopic (exact) mass is 267 g/mol. The van der Waals surface area contributed by atoms with Gasteiger partial charge in [0.15, 0.2) is 11.5 Å². The molecule has 0 saturated heterocycles. The maximum Gasteiger partial charge on any atom is 0.323 e. The highest BCUT2D eigenvalue weighted by molar-refractivity contribution is 5.75. The van der Waals surface area contributed by atoms with Crippen LogP contribution in [0, 0.1) is 5.92 Å². The predicted molar refractivity (Wildman–Crippen MR) is 71.9 cm³/mol. The predicted octanol–water partition coefficient (Wildman–Crippen LogP) is 1.56. The van der Waals surface area contributed by atoms with Crippen LogP contribution < -0.4 is 5.73 Å². The summed E-state index contributed by atoms with van der Waals surface area (Å²) in [4.78, 5) is 11.6. The molecule has 1 aromatic rings. The minimum atomic E-state index is -0.767. The van der Waals surface area contributed by atoms with Gasteiger partial charge in [-0.1, -0.05) is 19.9 Å². The summed E-state index contributed by atoms with van der Waals surface area (Å²) >= 11 is 0. The van der Waals surface area contributed by atoms with Crippen LogP contribution in [-0.2, 0) is 16.0 Å². The third-order valence-corrected chi connectivity index (χ3v) is 2.74. The summed E-state index contributed by atoms with van der Waals surface area (Å²) in [6.45, 7) is 4.46. The largest absolute Gasteiger partial charge is 0.504 e. The average Bonchev–Trinajstić information content (AvgIpc) is 2.33. The molecular weight excluding hydrogens is 246 g/mol. The molecule has 19 heavy (non-hydrogen) atoms. The maximum atomic E-state index is 11.6. The molecule has 0 unspecified atom stereocenters. The summed E-state index contributed by atoms with van der Waals surface area (Å²) < 4.78 is 5.06. The molecule has 1 rings (SSSR count). The van der Waals surface area contributed by atoms with Crippen LogP contribution in [0.3, 0.4) is 0 Å². The highest BCUT2D eigenvalue weighted by Gasteiger charge is 2.16. The van der Waals surface area contributed by atoms with Gasteiger partial charge in [-0.2, -0.15) is 0 Å². The summed E-state index contributed by atoms with van der Waals surface area (Å²) in [5.41, 5.74) is 6.41. The Balaban J connectivity index is 2.47. The zero-order valence-electron chi connectivity index (χ0n) is 11.3. The first-order chi connectivity index (χ1) is 8.90. The molecule has 0 saturated carbocycles. The molecule has 1 aromatic carbocycles. The minimum Gasteiger partial charge on any atom is -0.504 e. The van der Waals surface area contributed by atoms with Crippen molar-refractivity contribution in [3.05, 3.63) is 23.8 Å². The summed E-state index contributed by atoms with van der Waals surface area (Å²) in [7, 11) is 0. The molecule has 0 bridgehead atoms. The van der Waals surface area contributed by atoms with Gasteiger partial charge >= 0.3 is 5.97 Å². The van der Waals surface area contributed by atoms with E-state index in [-0.39, 0.29) is 17.9 Å². The highest BCUT2D eigenvalue weighted by atomic mass is 16.5. The molecule has 0 aliphatic heterocycles. The number of ether oxygens (including phenoxy) is 1. The number of rotatable bonds is 6. The van der Waals surface area contributed by atoms with Crippen LogP contribution in [0.2, 0.25) is 0 Å². The fraction of sp³-hybridized carbons (Fsp3) is 0.500. The molecular formula is C14H21NO4. The van der Waals surface area contributed by atoms with Gasteiger partial charge in [-0.05, 0) is 36.5 Å². The Hall–Kier alpha value is -1.75.